The Morgan fingerprint density at radius 2 is 1.88 bits per heavy atom. The summed E-state index contributed by atoms with van der Waals surface area (Å²) < 4.78 is 10.6. The molecule has 5 heteroatoms. The minimum Gasteiger partial charge on any atom is -0.462 e. The van der Waals surface area contributed by atoms with E-state index in [0.717, 1.165) is 17.5 Å². The summed E-state index contributed by atoms with van der Waals surface area (Å²) in [6.45, 7) is 3.11. The Labute approximate surface area is 151 Å². The first-order chi connectivity index (χ1) is 12.7. The Morgan fingerprint density at radius 3 is 2.65 bits per heavy atom. The molecule has 134 valence electrons. The van der Waals surface area contributed by atoms with Crippen LogP contribution in [0.1, 0.15) is 28.4 Å². The van der Waals surface area contributed by atoms with Crippen LogP contribution in [0.4, 0.5) is 0 Å². The summed E-state index contributed by atoms with van der Waals surface area (Å²) in [5, 5.41) is 0.476. The maximum absolute atomic E-state index is 12.4. The Bertz CT molecular complexity index is 947. The van der Waals surface area contributed by atoms with Gasteiger partial charge in [0.15, 0.2) is 0 Å². The summed E-state index contributed by atoms with van der Waals surface area (Å²) in [5.41, 5.74) is 2.61. The van der Waals surface area contributed by atoms with Crippen LogP contribution in [0.15, 0.2) is 59.5 Å². The summed E-state index contributed by atoms with van der Waals surface area (Å²) in [6.07, 6.45) is 2.16. The minimum atomic E-state index is -0.603. The maximum Gasteiger partial charge on any atom is 0.343 e. The quantitative estimate of drug-likeness (QED) is 0.523. The monoisotopic (exact) mass is 351 g/mol. The number of hydrogen-bond acceptors (Lipinski definition) is 4. The topological polar surface area (TPSA) is 68.4 Å². The molecule has 3 aromatic rings. The average Bonchev–Trinajstić information content (AvgIpc) is 2.66. The number of esters is 1. The SMILES string of the molecule is CCOC(=O)c1c[nH]c2cc(CCOCc3ccccc3)ccc2c1=O. The van der Waals surface area contributed by atoms with Crippen molar-refractivity contribution in [2.24, 2.45) is 0 Å². The highest BCUT2D eigenvalue weighted by molar-refractivity contribution is 5.93. The second-order valence-electron chi connectivity index (χ2n) is 5.92. The van der Waals surface area contributed by atoms with Crippen molar-refractivity contribution in [3.63, 3.8) is 0 Å². The van der Waals surface area contributed by atoms with Gasteiger partial charge in [0, 0.05) is 17.1 Å². The van der Waals surface area contributed by atoms with E-state index < -0.39 is 5.97 Å². The fourth-order valence-electron chi connectivity index (χ4n) is 2.74. The van der Waals surface area contributed by atoms with Crippen LogP contribution in [-0.4, -0.2) is 24.2 Å². The number of nitrogens with one attached hydrogen (secondary N) is 1. The molecule has 0 bridgehead atoms. The van der Waals surface area contributed by atoms with Gasteiger partial charge in [-0.3, -0.25) is 4.79 Å². The zero-order valence-corrected chi connectivity index (χ0v) is 14.7. The molecule has 0 aliphatic carbocycles. The van der Waals surface area contributed by atoms with Crippen molar-refractivity contribution in [1.82, 2.24) is 4.98 Å². The van der Waals surface area contributed by atoms with Gasteiger partial charge in [-0.25, -0.2) is 4.79 Å². The number of pyridine rings is 1. The highest BCUT2D eigenvalue weighted by Gasteiger charge is 2.13. The van der Waals surface area contributed by atoms with Crippen LogP contribution in [-0.2, 0) is 22.5 Å². The molecule has 0 amide bonds. The molecule has 5 nitrogen and oxygen atoms in total. The molecule has 3 rings (SSSR count). The fourth-order valence-corrected chi connectivity index (χ4v) is 2.74. The fraction of sp³-hybridized carbons (Fsp3) is 0.238. The van der Waals surface area contributed by atoms with Crippen molar-refractivity contribution in [2.45, 2.75) is 20.0 Å². The lowest BCUT2D eigenvalue weighted by molar-refractivity contribution is 0.0524. The van der Waals surface area contributed by atoms with Gasteiger partial charge in [-0.2, -0.15) is 0 Å². The average molecular weight is 351 g/mol. The van der Waals surface area contributed by atoms with E-state index in [4.69, 9.17) is 9.47 Å². The first-order valence-electron chi connectivity index (χ1n) is 8.62. The van der Waals surface area contributed by atoms with E-state index in [0.29, 0.717) is 24.1 Å². The number of H-pyrrole nitrogens is 1. The van der Waals surface area contributed by atoms with Gasteiger partial charge in [0.1, 0.15) is 5.56 Å². The van der Waals surface area contributed by atoms with Crippen LogP contribution in [0, 0.1) is 0 Å². The molecule has 0 aliphatic heterocycles. The lowest BCUT2D eigenvalue weighted by Gasteiger charge is -2.07. The lowest BCUT2D eigenvalue weighted by atomic mass is 10.1. The number of aromatic nitrogens is 1. The van der Waals surface area contributed by atoms with E-state index in [-0.39, 0.29) is 17.6 Å². The third kappa shape index (κ3) is 4.18. The van der Waals surface area contributed by atoms with Gasteiger partial charge >= 0.3 is 5.97 Å². The predicted octanol–water partition coefficient (Wildman–Crippen LogP) is 3.46. The van der Waals surface area contributed by atoms with Crippen LogP contribution in [0.5, 0.6) is 0 Å². The molecule has 0 saturated heterocycles. The van der Waals surface area contributed by atoms with Crippen molar-refractivity contribution in [1.29, 1.82) is 0 Å². The first kappa shape index (κ1) is 17.9. The van der Waals surface area contributed by atoms with Crippen LogP contribution >= 0.6 is 0 Å². The van der Waals surface area contributed by atoms with E-state index in [1.807, 2.05) is 42.5 Å². The molecule has 0 saturated carbocycles. The number of rotatable bonds is 7. The summed E-state index contributed by atoms with van der Waals surface area (Å²) in [4.78, 5) is 27.3. The van der Waals surface area contributed by atoms with E-state index in [1.165, 1.54) is 6.20 Å². The van der Waals surface area contributed by atoms with Crippen molar-refractivity contribution in [2.75, 3.05) is 13.2 Å². The van der Waals surface area contributed by atoms with Gasteiger partial charge in [0.2, 0.25) is 5.43 Å². The van der Waals surface area contributed by atoms with E-state index in [9.17, 15) is 9.59 Å². The zero-order chi connectivity index (χ0) is 18.4. The number of ether oxygens (including phenoxy) is 2. The molecule has 0 aliphatic rings. The summed E-state index contributed by atoms with van der Waals surface area (Å²) in [6, 6.07) is 15.6. The smallest absolute Gasteiger partial charge is 0.343 e. The number of aromatic amines is 1. The summed E-state index contributed by atoms with van der Waals surface area (Å²) in [5.74, 6) is -0.603. The highest BCUT2D eigenvalue weighted by Crippen LogP contribution is 2.13. The van der Waals surface area contributed by atoms with Gasteiger partial charge in [0.25, 0.3) is 0 Å². The zero-order valence-electron chi connectivity index (χ0n) is 14.7. The molecule has 0 fully saturated rings. The van der Waals surface area contributed by atoms with Gasteiger partial charge in [-0.1, -0.05) is 36.4 Å². The number of carbonyl (C=O) groups is 1. The van der Waals surface area contributed by atoms with Crippen molar-refractivity contribution >= 4 is 16.9 Å². The Hall–Kier alpha value is -2.92. The highest BCUT2D eigenvalue weighted by atomic mass is 16.5. The molecule has 0 unspecified atom stereocenters. The van der Waals surface area contributed by atoms with Crippen LogP contribution in [0.3, 0.4) is 0 Å². The molecule has 26 heavy (non-hydrogen) atoms. The van der Waals surface area contributed by atoms with Crippen LogP contribution < -0.4 is 5.43 Å². The van der Waals surface area contributed by atoms with Crippen LogP contribution in [0.25, 0.3) is 10.9 Å². The second-order valence-corrected chi connectivity index (χ2v) is 5.92. The third-order valence-electron chi connectivity index (χ3n) is 4.09. The minimum absolute atomic E-state index is 0.0262. The molecule has 1 aromatic heterocycles. The normalized spacial score (nSPS) is 10.8. The summed E-state index contributed by atoms with van der Waals surface area (Å²) in [7, 11) is 0. The molecule has 1 heterocycles. The third-order valence-corrected chi connectivity index (χ3v) is 4.09. The Morgan fingerprint density at radius 1 is 1.08 bits per heavy atom. The van der Waals surface area contributed by atoms with E-state index >= 15 is 0 Å². The maximum atomic E-state index is 12.4. The predicted molar refractivity (Wildman–Crippen MR) is 100 cm³/mol. The lowest BCUT2D eigenvalue weighted by Crippen LogP contribution is -2.18. The molecular weight excluding hydrogens is 330 g/mol. The van der Waals surface area contributed by atoms with Gasteiger partial charge < -0.3 is 14.5 Å². The van der Waals surface area contributed by atoms with Gasteiger partial charge in [-0.15, -0.1) is 0 Å². The molecule has 0 radical (unpaired) electrons. The van der Waals surface area contributed by atoms with Crippen molar-refractivity contribution in [3.8, 4) is 0 Å². The second kappa shape index (κ2) is 8.45. The Kier molecular flexibility index (Phi) is 5.81. The number of fused-ring (bicyclic) bond motifs is 1. The van der Waals surface area contributed by atoms with Crippen molar-refractivity contribution in [3.05, 3.63) is 81.6 Å². The molecule has 2 aromatic carbocycles. The number of carbonyl (C=O) groups excluding carboxylic acids is 1. The van der Waals surface area contributed by atoms with Gasteiger partial charge in [0.05, 0.1) is 19.8 Å². The van der Waals surface area contributed by atoms with Crippen molar-refractivity contribution < 1.29 is 14.3 Å². The first-order valence-corrected chi connectivity index (χ1v) is 8.62. The molecule has 0 atom stereocenters. The number of hydrogen-bond donors (Lipinski definition) is 1. The summed E-state index contributed by atoms with van der Waals surface area (Å²) >= 11 is 0. The molecule has 0 spiro atoms. The standard InChI is InChI=1S/C21H21NO4/c1-2-26-21(24)18-13-22-19-12-15(8-9-17(19)20(18)23)10-11-25-14-16-6-4-3-5-7-16/h3-9,12-13H,2,10-11,14H2,1H3,(H,22,23). The molecule has 1 N–H and O–H groups in total. The van der Waals surface area contributed by atoms with Gasteiger partial charge in [-0.05, 0) is 36.6 Å². The largest absolute Gasteiger partial charge is 0.462 e. The van der Waals surface area contributed by atoms with E-state index in [2.05, 4.69) is 4.98 Å². The van der Waals surface area contributed by atoms with E-state index in [1.54, 1.807) is 13.0 Å². The number of benzene rings is 2. The van der Waals surface area contributed by atoms with Crippen LogP contribution in [0.2, 0.25) is 0 Å². The Balaban J connectivity index is 1.66. The molecular formula is C21H21NO4.